The molecule has 7 nitrogen and oxygen atoms in total. The van der Waals surface area contributed by atoms with Gasteiger partial charge in [0.25, 0.3) is 0 Å². The van der Waals surface area contributed by atoms with Crippen LogP contribution in [0.3, 0.4) is 0 Å². The summed E-state index contributed by atoms with van der Waals surface area (Å²) in [6, 6.07) is 3.57. The van der Waals surface area contributed by atoms with E-state index in [1.165, 1.54) is 6.20 Å². The van der Waals surface area contributed by atoms with Crippen molar-refractivity contribution in [1.29, 1.82) is 0 Å². The highest BCUT2D eigenvalue weighted by Gasteiger charge is 2.24. The Hall–Kier alpha value is -2.78. The van der Waals surface area contributed by atoms with Crippen LogP contribution >= 0.6 is 11.6 Å². The number of pyridine rings is 1. The molecule has 3 aromatic rings. The Morgan fingerprint density at radius 3 is 2.82 bits per heavy atom. The Morgan fingerprint density at radius 2 is 2.07 bits per heavy atom. The molecule has 28 heavy (non-hydrogen) atoms. The van der Waals surface area contributed by atoms with E-state index in [-0.39, 0.29) is 28.2 Å². The molecule has 2 aromatic heterocycles. The molecule has 4 rings (SSSR count). The number of hydrogen-bond donors (Lipinski definition) is 2. The van der Waals surface area contributed by atoms with E-state index in [9.17, 15) is 8.78 Å². The Balaban J connectivity index is 1.63. The number of rotatable bonds is 4. The summed E-state index contributed by atoms with van der Waals surface area (Å²) in [6.45, 7) is 2.14. The molecule has 146 valence electrons. The minimum Gasteiger partial charge on any atom is -0.482 e. The molecule has 0 saturated heterocycles. The van der Waals surface area contributed by atoms with Crippen LogP contribution in [0, 0.1) is 11.6 Å². The molecule has 2 atom stereocenters. The fraction of sp³-hybridized carbons (Fsp3) is 0.278. The predicted molar refractivity (Wildman–Crippen MR) is 99.8 cm³/mol. The normalized spacial score (nSPS) is 16.8. The van der Waals surface area contributed by atoms with Crippen LogP contribution in [0.1, 0.15) is 24.4 Å². The van der Waals surface area contributed by atoms with Crippen LogP contribution < -0.4 is 16.2 Å². The van der Waals surface area contributed by atoms with Gasteiger partial charge in [-0.05, 0) is 25.1 Å². The lowest BCUT2D eigenvalue weighted by atomic mass is 10.1. The lowest BCUT2D eigenvalue weighted by Crippen LogP contribution is -2.21. The van der Waals surface area contributed by atoms with Crippen LogP contribution in [0.2, 0.25) is 5.02 Å². The molecule has 1 aliphatic rings. The van der Waals surface area contributed by atoms with E-state index in [0.29, 0.717) is 24.4 Å². The minimum absolute atomic E-state index is 0.0132. The van der Waals surface area contributed by atoms with Gasteiger partial charge in [-0.3, -0.25) is 0 Å². The number of nitrogen functional groups attached to an aromatic ring is 1. The summed E-state index contributed by atoms with van der Waals surface area (Å²) in [6.07, 6.45) is 1.27. The molecule has 0 spiro atoms. The maximum atomic E-state index is 14.1. The number of aromatic nitrogens is 4. The SMILES string of the molecule is C[C@@H](Oc1cc(-c2nc3n(n2)CC(N)C3)cnc1N)c1c(F)ccc(F)c1Cl. The monoisotopic (exact) mass is 406 g/mol. The van der Waals surface area contributed by atoms with Gasteiger partial charge in [-0.2, -0.15) is 5.10 Å². The molecule has 1 aliphatic heterocycles. The average Bonchev–Trinajstić information content (AvgIpc) is 3.18. The number of hydrogen-bond acceptors (Lipinski definition) is 6. The molecule has 3 heterocycles. The largest absolute Gasteiger partial charge is 0.482 e. The van der Waals surface area contributed by atoms with Crippen molar-refractivity contribution < 1.29 is 13.5 Å². The van der Waals surface area contributed by atoms with Gasteiger partial charge in [-0.25, -0.2) is 23.4 Å². The predicted octanol–water partition coefficient (Wildman–Crippen LogP) is 2.88. The third-order valence-corrected chi connectivity index (χ3v) is 4.91. The first-order chi connectivity index (χ1) is 13.3. The Bertz CT molecular complexity index is 1030. The van der Waals surface area contributed by atoms with Crippen LogP contribution in [0.15, 0.2) is 24.4 Å². The zero-order valence-electron chi connectivity index (χ0n) is 14.9. The van der Waals surface area contributed by atoms with Gasteiger partial charge in [0, 0.05) is 29.8 Å². The van der Waals surface area contributed by atoms with Crippen molar-refractivity contribution >= 4 is 17.4 Å². The molecule has 0 radical (unpaired) electrons. The number of benzene rings is 1. The molecule has 1 unspecified atom stereocenters. The second-order valence-electron chi connectivity index (χ2n) is 6.62. The van der Waals surface area contributed by atoms with Gasteiger partial charge in [0.05, 0.1) is 11.6 Å². The molecular formula is C18H17ClF2N6O. The van der Waals surface area contributed by atoms with E-state index in [1.54, 1.807) is 17.7 Å². The van der Waals surface area contributed by atoms with Crippen molar-refractivity contribution in [2.45, 2.75) is 32.0 Å². The van der Waals surface area contributed by atoms with E-state index < -0.39 is 17.7 Å². The standard InChI is InChI=1S/C18H17ClF2N6O/c1-8(15-11(20)2-3-12(21)16(15)19)28-13-4-9(6-24-17(13)23)18-25-14-5-10(22)7-27(14)26-18/h2-4,6,8,10H,5,7,22H2,1H3,(H2,23,24)/t8-,10?/m1/s1. The number of halogens is 3. The summed E-state index contributed by atoms with van der Waals surface area (Å²) in [5.41, 5.74) is 12.3. The molecule has 0 amide bonds. The Labute approximate surface area is 164 Å². The molecular weight excluding hydrogens is 390 g/mol. The number of nitrogens with two attached hydrogens (primary N) is 2. The van der Waals surface area contributed by atoms with E-state index in [2.05, 4.69) is 15.1 Å². The van der Waals surface area contributed by atoms with Crippen LogP contribution in [-0.2, 0) is 13.0 Å². The molecule has 0 aliphatic carbocycles. The highest BCUT2D eigenvalue weighted by molar-refractivity contribution is 6.31. The van der Waals surface area contributed by atoms with Gasteiger partial charge in [0.15, 0.2) is 17.4 Å². The van der Waals surface area contributed by atoms with Gasteiger partial charge in [-0.15, -0.1) is 0 Å². The Kier molecular flexibility index (Phi) is 4.64. The topological polar surface area (TPSA) is 105 Å². The number of ether oxygens (including phenoxy) is 1. The van der Waals surface area contributed by atoms with Crippen LogP contribution in [0.25, 0.3) is 11.4 Å². The number of fused-ring (bicyclic) bond motifs is 1. The quantitative estimate of drug-likeness (QED) is 0.645. The third kappa shape index (κ3) is 3.27. The molecule has 1 aromatic carbocycles. The second-order valence-corrected chi connectivity index (χ2v) is 7.00. The lowest BCUT2D eigenvalue weighted by Gasteiger charge is -2.18. The van der Waals surface area contributed by atoms with Gasteiger partial charge in [0.2, 0.25) is 0 Å². The number of nitrogens with zero attached hydrogens (tertiary/aromatic N) is 4. The second kappa shape index (κ2) is 6.99. The zero-order valence-corrected chi connectivity index (χ0v) is 15.6. The van der Waals surface area contributed by atoms with Crippen molar-refractivity contribution in [1.82, 2.24) is 19.7 Å². The maximum absolute atomic E-state index is 14.1. The molecule has 0 bridgehead atoms. The summed E-state index contributed by atoms with van der Waals surface area (Å²) >= 11 is 5.91. The van der Waals surface area contributed by atoms with Gasteiger partial charge >= 0.3 is 0 Å². The minimum atomic E-state index is -0.902. The number of anilines is 1. The molecule has 0 saturated carbocycles. The van der Waals surface area contributed by atoms with Gasteiger partial charge < -0.3 is 16.2 Å². The first kappa shape index (κ1) is 18.6. The van der Waals surface area contributed by atoms with Crippen molar-refractivity contribution in [2.75, 3.05) is 5.73 Å². The highest BCUT2D eigenvalue weighted by atomic mass is 35.5. The lowest BCUT2D eigenvalue weighted by molar-refractivity contribution is 0.221. The smallest absolute Gasteiger partial charge is 0.183 e. The van der Waals surface area contributed by atoms with Gasteiger partial charge in [0.1, 0.15) is 23.6 Å². The Morgan fingerprint density at radius 1 is 1.32 bits per heavy atom. The van der Waals surface area contributed by atoms with Crippen molar-refractivity contribution in [3.63, 3.8) is 0 Å². The summed E-state index contributed by atoms with van der Waals surface area (Å²) in [7, 11) is 0. The summed E-state index contributed by atoms with van der Waals surface area (Å²) in [5.74, 6) is 0.132. The van der Waals surface area contributed by atoms with Crippen LogP contribution in [0.5, 0.6) is 5.75 Å². The van der Waals surface area contributed by atoms with E-state index >= 15 is 0 Å². The molecule has 4 N–H and O–H groups in total. The third-order valence-electron chi connectivity index (χ3n) is 4.53. The van der Waals surface area contributed by atoms with E-state index in [0.717, 1.165) is 18.0 Å². The fourth-order valence-corrected chi connectivity index (χ4v) is 3.46. The first-order valence-electron chi connectivity index (χ1n) is 8.58. The van der Waals surface area contributed by atoms with Crippen molar-refractivity contribution in [3.8, 4) is 17.1 Å². The van der Waals surface area contributed by atoms with E-state index in [4.69, 9.17) is 27.8 Å². The zero-order chi connectivity index (χ0) is 20.0. The van der Waals surface area contributed by atoms with Crippen molar-refractivity contribution in [3.05, 3.63) is 52.4 Å². The van der Waals surface area contributed by atoms with Crippen molar-refractivity contribution in [2.24, 2.45) is 5.73 Å². The molecule has 0 fully saturated rings. The van der Waals surface area contributed by atoms with Crippen LogP contribution in [0.4, 0.5) is 14.6 Å². The summed E-state index contributed by atoms with van der Waals surface area (Å²) in [4.78, 5) is 8.56. The maximum Gasteiger partial charge on any atom is 0.183 e. The van der Waals surface area contributed by atoms with Crippen LogP contribution in [-0.4, -0.2) is 25.8 Å². The first-order valence-corrected chi connectivity index (χ1v) is 8.96. The molecule has 10 heteroatoms. The van der Waals surface area contributed by atoms with E-state index in [1.807, 2.05) is 0 Å². The average molecular weight is 407 g/mol. The van der Waals surface area contributed by atoms with Gasteiger partial charge in [-0.1, -0.05) is 11.6 Å². The summed E-state index contributed by atoms with van der Waals surface area (Å²) < 4.78 is 35.3. The fourth-order valence-electron chi connectivity index (χ4n) is 3.15. The highest BCUT2D eigenvalue weighted by Crippen LogP contribution is 2.34. The summed E-state index contributed by atoms with van der Waals surface area (Å²) in [5, 5.41) is 4.08.